The van der Waals surface area contributed by atoms with Crippen LogP contribution in [0.25, 0.3) is 99.6 Å². The van der Waals surface area contributed by atoms with E-state index in [1.807, 2.05) is 0 Å². The summed E-state index contributed by atoms with van der Waals surface area (Å²) in [5.41, 5.74) is 15.0. The van der Waals surface area contributed by atoms with Gasteiger partial charge in [-0.1, -0.05) is 190 Å². The molecule has 1 aliphatic carbocycles. The molecule has 0 aliphatic heterocycles. The molecule has 0 bridgehead atoms. The Labute approximate surface area is 332 Å². The summed E-state index contributed by atoms with van der Waals surface area (Å²) in [5, 5.41) is 7.23. The Balaban J connectivity index is 1.13. The van der Waals surface area contributed by atoms with Crippen molar-refractivity contribution in [3.05, 3.63) is 205 Å². The van der Waals surface area contributed by atoms with Gasteiger partial charge in [0.25, 0.3) is 0 Å². The molecule has 0 saturated carbocycles. The zero-order chi connectivity index (χ0) is 38.1. The molecule has 1 aromatic heterocycles. The fraction of sp³-hybridized carbons (Fsp3) is 0.0545. The molecule has 57 heavy (non-hydrogen) atoms. The van der Waals surface area contributed by atoms with Crippen molar-refractivity contribution in [3.8, 4) is 67.3 Å². The van der Waals surface area contributed by atoms with Crippen molar-refractivity contribution in [2.45, 2.75) is 19.3 Å². The molecule has 0 radical (unpaired) electrons. The Morgan fingerprint density at radius 3 is 1.61 bits per heavy atom. The molecule has 2 heteroatoms. The van der Waals surface area contributed by atoms with Gasteiger partial charge in [0.15, 0.2) is 5.82 Å². The minimum atomic E-state index is -0.174. The van der Waals surface area contributed by atoms with E-state index in [-0.39, 0.29) is 5.41 Å². The van der Waals surface area contributed by atoms with Gasteiger partial charge in [-0.25, -0.2) is 9.97 Å². The van der Waals surface area contributed by atoms with E-state index in [2.05, 4.69) is 208 Å². The molecule has 10 aromatic rings. The second-order valence-electron chi connectivity index (χ2n) is 15.7. The van der Waals surface area contributed by atoms with E-state index in [0.29, 0.717) is 5.82 Å². The van der Waals surface area contributed by atoms with Crippen molar-refractivity contribution < 1.29 is 0 Å². The lowest BCUT2D eigenvalue weighted by atomic mass is 9.78. The van der Waals surface area contributed by atoms with Gasteiger partial charge in [-0.3, -0.25) is 0 Å². The number of fused-ring (bicyclic) bond motifs is 6. The summed E-state index contributed by atoms with van der Waals surface area (Å²) in [7, 11) is 0. The highest BCUT2D eigenvalue weighted by Gasteiger charge is 2.38. The van der Waals surface area contributed by atoms with E-state index >= 15 is 0 Å². The quantitative estimate of drug-likeness (QED) is 0.176. The molecule has 2 nitrogen and oxygen atoms in total. The fourth-order valence-electron chi connectivity index (χ4n) is 9.39. The highest BCUT2D eigenvalue weighted by atomic mass is 14.9. The lowest BCUT2D eigenvalue weighted by Crippen LogP contribution is -2.16. The molecular weight excluding hydrogens is 689 g/mol. The molecule has 0 atom stereocenters. The van der Waals surface area contributed by atoms with Crippen LogP contribution in [-0.2, 0) is 5.41 Å². The summed E-state index contributed by atoms with van der Waals surface area (Å²) in [6, 6.07) is 70.1. The second-order valence-corrected chi connectivity index (χ2v) is 15.7. The summed E-state index contributed by atoms with van der Waals surface area (Å²) in [6.07, 6.45) is 0. The zero-order valence-corrected chi connectivity index (χ0v) is 31.9. The largest absolute Gasteiger partial charge is 0.228 e. The maximum Gasteiger partial charge on any atom is 0.161 e. The van der Waals surface area contributed by atoms with E-state index in [4.69, 9.17) is 9.97 Å². The van der Waals surface area contributed by atoms with Crippen LogP contribution in [0, 0.1) is 0 Å². The van der Waals surface area contributed by atoms with Crippen LogP contribution in [0.15, 0.2) is 194 Å². The van der Waals surface area contributed by atoms with Crippen molar-refractivity contribution >= 4 is 32.3 Å². The Morgan fingerprint density at radius 2 is 0.842 bits per heavy atom. The first-order valence-electron chi connectivity index (χ1n) is 19.7. The monoisotopic (exact) mass is 726 g/mol. The Kier molecular flexibility index (Phi) is 7.55. The molecule has 0 amide bonds. The van der Waals surface area contributed by atoms with Crippen molar-refractivity contribution in [3.63, 3.8) is 0 Å². The molecule has 0 N–H and O–H groups in total. The predicted molar refractivity (Wildman–Crippen MR) is 239 cm³/mol. The summed E-state index contributed by atoms with van der Waals surface area (Å²) in [5.74, 6) is 0.711. The molecule has 0 unspecified atom stereocenters. The summed E-state index contributed by atoms with van der Waals surface area (Å²) < 4.78 is 0. The molecule has 0 saturated heterocycles. The Morgan fingerprint density at radius 1 is 0.333 bits per heavy atom. The molecule has 0 spiro atoms. The topological polar surface area (TPSA) is 25.8 Å². The number of aromatic nitrogens is 2. The van der Waals surface area contributed by atoms with Crippen molar-refractivity contribution in [2.75, 3.05) is 0 Å². The SMILES string of the molecule is CC1(C)c2cc3ccccc3cc2-c2cccc(-c3ccc(-c4cc(-c5ccccc5-c5ccccc5)nc(-c5cccc6ccccc56)n4)c4ccccc34)c21. The van der Waals surface area contributed by atoms with E-state index in [0.717, 1.165) is 50.0 Å². The fourth-order valence-corrected chi connectivity index (χ4v) is 9.39. The van der Waals surface area contributed by atoms with Crippen LogP contribution in [0.5, 0.6) is 0 Å². The van der Waals surface area contributed by atoms with Gasteiger partial charge in [0.05, 0.1) is 11.4 Å². The van der Waals surface area contributed by atoms with Crippen LogP contribution in [0.2, 0.25) is 0 Å². The smallest absolute Gasteiger partial charge is 0.161 e. The lowest BCUT2D eigenvalue weighted by molar-refractivity contribution is 0.663. The van der Waals surface area contributed by atoms with Crippen LogP contribution in [0.4, 0.5) is 0 Å². The first-order valence-corrected chi connectivity index (χ1v) is 19.7. The third-order valence-electron chi connectivity index (χ3n) is 12.1. The standard InChI is InChI=1S/C55H38N2/c1-55(2)50-33-38-20-7-6-19-37(38)32-49(50)47-28-15-27-46(53(47)55)43-30-31-45(42-25-12-11-24-41(42)43)52-34-51(44-26-13-10-22-39(44)35-16-4-3-5-17-35)56-54(57-52)48-29-14-21-36-18-8-9-23-40(36)48/h3-34H,1-2H3. The van der Waals surface area contributed by atoms with E-state index in [1.165, 1.54) is 54.9 Å². The van der Waals surface area contributed by atoms with E-state index in [9.17, 15) is 0 Å². The molecule has 1 aliphatic rings. The van der Waals surface area contributed by atoms with Crippen LogP contribution < -0.4 is 0 Å². The van der Waals surface area contributed by atoms with Gasteiger partial charge in [0, 0.05) is 22.1 Å². The van der Waals surface area contributed by atoms with Gasteiger partial charge in [0.1, 0.15) is 0 Å². The van der Waals surface area contributed by atoms with Gasteiger partial charge in [-0.15, -0.1) is 0 Å². The molecule has 268 valence electrons. The van der Waals surface area contributed by atoms with Gasteiger partial charge in [0.2, 0.25) is 0 Å². The average molecular weight is 727 g/mol. The van der Waals surface area contributed by atoms with Crippen molar-refractivity contribution in [1.29, 1.82) is 0 Å². The molecule has 11 rings (SSSR count). The Hall–Kier alpha value is -7.16. The highest BCUT2D eigenvalue weighted by molar-refractivity contribution is 6.07. The molecule has 1 heterocycles. The number of nitrogens with zero attached hydrogens (tertiary/aromatic N) is 2. The first-order chi connectivity index (χ1) is 28.0. The van der Waals surface area contributed by atoms with Crippen LogP contribution >= 0.6 is 0 Å². The maximum atomic E-state index is 5.43. The van der Waals surface area contributed by atoms with Crippen LogP contribution in [-0.4, -0.2) is 9.97 Å². The maximum absolute atomic E-state index is 5.43. The minimum absolute atomic E-state index is 0.174. The third-order valence-corrected chi connectivity index (χ3v) is 12.1. The number of hydrogen-bond acceptors (Lipinski definition) is 2. The molecule has 9 aromatic carbocycles. The number of rotatable bonds is 5. The third kappa shape index (κ3) is 5.33. The van der Waals surface area contributed by atoms with Crippen molar-refractivity contribution in [2.24, 2.45) is 0 Å². The summed E-state index contributed by atoms with van der Waals surface area (Å²) in [6.45, 7) is 4.77. The number of hydrogen-bond donors (Lipinski definition) is 0. The zero-order valence-electron chi connectivity index (χ0n) is 31.9. The Bertz CT molecular complexity index is 3210. The predicted octanol–water partition coefficient (Wildman–Crippen LogP) is 14.6. The number of benzene rings is 9. The normalized spacial score (nSPS) is 12.9. The van der Waals surface area contributed by atoms with Gasteiger partial charge < -0.3 is 0 Å². The molecule has 0 fully saturated rings. The van der Waals surface area contributed by atoms with Gasteiger partial charge >= 0.3 is 0 Å². The lowest BCUT2D eigenvalue weighted by Gasteiger charge is -2.25. The van der Waals surface area contributed by atoms with Crippen LogP contribution in [0.3, 0.4) is 0 Å². The van der Waals surface area contributed by atoms with E-state index in [1.54, 1.807) is 0 Å². The van der Waals surface area contributed by atoms with Crippen molar-refractivity contribution in [1.82, 2.24) is 9.97 Å². The highest BCUT2D eigenvalue weighted by Crippen LogP contribution is 2.54. The second kappa shape index (κ2) is 13.0. The summed E-state index contributed by atoms with van der Waals surface area (Å²) in [4.78, 5) is 10.8. The summed E-state index contributed by atoms with van der Waals surface area (Å²) >= 11 is 0. The van der Waals surface area contributed by atoms with Gasteiger partial charge in [-0.2, -0.15) is 0 Å². The van der Waals surface area contributed by atoms with E-state index < -0.39 is 0 Å². The van der Waals surface area contributed by atoms with Crippen LogP contribution in [0.1, 0.15) is 25.0 Å². The first kappa shape index (κ1) is 33.2. The average Bonchev–Trinajstić information content (AvgIpc) is 3.50. The van der Waals surface area contributed by atoms with Gasteiger partial charge in [-0.05, 0) is 95.0 Å². The minimum Gasteiger partial charge on any atom is -0.228 e. The molecular formula is C55H38N2.